The Kier molecular flexibility index (Phi) is 3.90. The van der Waals surface area contributed by atoms with Crippen molar-refractivity contribution in [2.45, 2.75) is 33.4 Å². The van der Waals surface area contributed by atoms with Gasteiger partial charge < -0.3 is 4.74 Å². The maximum absolute atomic E-state index is 5.46. The van der Waals surface area contributed by atoms with E-state index in [0.29, 0.717) is 6.10 Å². The molecule has 0 N–H and O–H groups in total. The molecule has 2 heteroatoms. The second kappa shape index (κ2) is 4.97. The first-order chi connectivity index (χ1) is 6.18. The summed E-state index contributed by atoms with van der Waals surface area (Å²) in [6, 6.07) is 4.16. The van der Waals surface area contributed by atoms with Gasteiger partial charge in [0.05, 0.1) is 6.10 Å². The van der Waals surface area contributed by atoms with Crippen LogP contribution in [0.2, 0.25) is 0 Å². The fraction of sp³-hybridized carbons (Fsp3) is 0.545. The first-order valence-corrected chi connectivity index (χ1v) is 4.76. The van der Waals surface area contributed by atoms with Gasteiger partial charge in [-0.1, -0.05) is 0 Å². The fourth-order valence-electron chi connectivity index (χ4n) is 1.19. The second-order valence-electron chi connectivity index (χ2n) is 3.54. The zero-order valence-corrected chi connectivity index (χ0v) is 8.66. The van der Waals surface area contributed by atoms with E-state index in [1.165, 1.54) is 5.56 Å². The Labute approximate surface area is 80.2 Å². The van der Waals surface area contributed by atoms with Crippen LogP contribution in [0.4, 0.5) is 0 Å². The summed E-state index contributed by atoms with van der Waals surface area (Å²) in [7, 11) is 0. The van der Waals surface area contributed by atoms with E-state index in [9.17, 15) is 0 Å². The van der Waals surface area contributed by atoms with Gasteiger partial charge in [0, 0.05) is 11.6 Å². The molecule has 0 unspecified atom stereocenters. The molecule has 0 aromatic carbocycles. The quantitative estimate of drug-likeness (QED) is 0.643. The number of nitrogens with zero attached hydrogens (tertiary/aromatic N) is 1. The van der Waals surface area contributed by atoms with E-state index in [1.807, 2.05) is 0 Å². The minimum Gasteiger partial charge on any atom is -0.372 e. The van der Waals surface area contributed by atoms with Gasteiger partial charge in [-0.2, -0.15) is 0 Å². The molecule has 0 aliphatic carbocycles. The smallest absolute Gasteiger partial charge is 0.171 e. The minimum atomic E-state index is 0.324. The summed E-state index contributed by atoms with van der Waals surface area (Å²) in [6.45, 7) is 7.92. The molecule has 0 bridgehead atoms. The Morgan fingerprint density at radius 2 is 2.23 bits per heavy atom. The van der Waals surface area contributed by atoms with Crippen molar-refractivity contribution in [1.29, 1.82) is 0 Å². The average molecular weight is 180 g/mol. The maximum atomic E-state index is 5.46. The van der Waals surface area contributed by atoms with E-state index < -0.39 is 0 Å². The summed E-state index contributed by atoms with van der Waals surface area (Å²) >= 11 is 0. The molecule has 0 atom stereocenters. The predicted octanol–water partition coefficient (Wildman–Crippen LogP) is 1.71. The van der Waals surface area contributed by atoms with Crippen molar-refractivity contribution in [3.05, 3.63) is 30.1 Å². The van der Waals surface area contributed by atoms with Crippen molar-refractivity contribution in [3.63, 3.8) is 0 Å². The molecular weight excluding hydrogens is 162 g/mol. The molecule has 2 nitrogen and oxygen atoms in total. The van der Waals surface area contributed by atoms with Gasteiger partial charge in [-0.15, -0.1) is 0 Å². The number of rotatable bonds is 4. The molecule has 0 radical (unpaired) electrons. The Morgan fingerprint density at radius 1 is 1.46 bits per heavy atom. The van der Waals surface area contributed by atoms with Crippen molar-refractivity contribution in [3.8, 4) is 0 Å². The molecule has 0 saturated heterocycles. The van der Waals surface area contributed by atoms with Gasteiger partial charge in [-0.25, -0.2) is 4.57 Å². The molecule has 0 amide bonds. The number of aromatic nitrogens is 1. The number of hydrogen-bond donors (Lipinski definition) is 0. The zero-order valence-electron chi connectivity index (χ0n) is 8.66. The van der Waals surface area contributed by atoms with Gasteiger partial charge in [-0.05, 0) is 26.8 Å². The van der Waals surface area contributed by atoms with E-state index >= 15 is 0 Å². The topological polar surface area (TPSA) is 13.1 Å². The highest BCUT2D eigenvalue weighted by molar-refractivity contribution is 5.01. The lowest BCUT2D eigenvalue weighted by Crippen LogP contribution is -2.35. The molecule has 0 aliphatic rings. The van der Waals surface area contributed by atoms with Crippen LogP contribution in [0.15, 0.2) is 24.5 Å². The summed E-state index contributed by atoms with van der Waals surface area (Å²) in [5, 5.41) is 0. The predicted molar refractivity (Wildman–Crippen MR) is 52.5 cm³/mol. The highest BCUT2D eigenvalue weighted by atomic mass is 16.5. The molecule has 1 aromatic heterocycles. The van der Waals surface area contributed by atoms with Crippen LogP contribution in [0.3, 0.4) is 0 Å². The Morgan fingerprint density at radius 3 is 2.85 bits per heavy atom. The minimum absolute atomic E-state index is 0.324. The van der Waals surface area contributed by atoms with E-state index in [0.717, 1.165) is 13.2 Å². The monoisotopic (exact) mass is 180 g/mol. The lowest BCUT2D eigenvalue weighted by Gasteiger charge is -2.04. The molecule has 1 rings (SSSR count). The van der Waals surface area contributed by atoms with Crippen molar-refractivity contribution in [2.75, 3.05) is 6.61 Å². The molecule has 0 saturated carbocycles. The van der Waals surface area contributed by atoms with Gasteiger partial charge in [-0.3, -0.25) is 0 Å². The molecule has 13 heavy (non-hydrogen) atoms. The van der Waals surface area contributed by atoms with Gasteiger partial charge in [0.25, 0.3) is 0 Å². The van der Waals surface area contributed by atoms with Crippen molar-refractivity contribution in [1.82, 2.24) is 0 Å². The largest absolute Gasteiger partial charge is 0.372 e. The van der Waals surface area contributed by atoms with Crippen LogP contribution < -0.4 is 4.57 Å². The lowest BCUT2D eigenvalue weighted by molar-refractivity contribution is -0.699. The molecule has 0 spiro atoms. The summed E-state index contributed by atoms with van der Waals surface area (Å²) in [6.07, 6.45) is 4.52. The molecule has 72 valence electrons. The number of pyridine rings is 1. The summed E-state index contributed by atoms with van der Waals surface area (Å²) in [4.78, 5) is 0. The van der Waals surface area contributed by atoms with Gasteiger partial charge >= 0.3 is 0 Å². The average Bonchev–Trinajstić information content (AvgIpc) is 2.03. The third-order valence-electron chi connectivity index (χ3n) is 1.81. The van der Waals surface area contributed by atoms with Crippen LogP contribution in [-0.4, -0.2) is 12.7 Å². The van der Waals surface area contributed by atoms with Crippen LogP contribution in [0.25, 0.3) is 0 Å². The van der Waals surface area contributed by atoms with E-state index in [1.54, 1.807) is 0 Å². The Balaban J connectivity index is 2.37. The van der Waals surface area contributed by atoms with Crippen LogP contribution in [0, 0.1) is 6.92 Å². The molecule has 1 aromatic rings. The van der Waals surface area contributed by atoms with Crippen molar-refractivity contribution in [2.24, 2.45) is 0 Å². The van der Waals surface area contributed by atoms with Gasteiger partial charge in [0.15, 0.2) is 18.9 Å². The summed E-state index contributed by atoms with van der Waals surface area (Å²) in [5.74, 6) is 0. The molecule has 1 heterocycles. The first-order valence-electron chi connectivity index (χ1n) is 4.76. The second-order valence-corrected chi connectivity index (χ2v) is 3.54. The zero-order chi connectivity index (χ0) is 9.68. The lowest BCUT2D eigenvalue weighted by atomic mass is 10.3. The normalized spacial score (nSPS) is 10.8. The number of hydrogen-bond acceptors (Lipinski definition) is 1. The van der Waals surface area contributed by atoms with Crippen molar-refractivity contribution >= 4 is 0 Å². The molecule has 0 fully saturated rings. The van der Waals surface area contributed by atoms with Crippen LogP contribution in [0.5, 0.6) is 0 Å². The standard InChI is InChI=1S/C11H18NO/c1-10(2)13-8-7-12-6-4-5-11(3)9-12/h4-6,9-10H,7-8H2,1-3H3/q+1. The van der Waals surface area contributed by atoms with Crippen LogP contribution in [-0.2, 0) is 11.3 Å². The van der Waals surface area contributed by atoms with Gasteiger partial charge in [0.1, 0.15) is 6.61 Å². The number of aryl methyl sites for hydroxylation is 1. The third kappa shape index (κ3) is 4.04. The van der Waals surface area contributed by atoms with E-state index in [2.05, 4.69) is 49.9 Å². The number of ether oxygens (including phenoxy) is 1. The van der Waals surface area contributed by atoms with E-state index in [4.69, 9.17) is 4.74 Å². The molecular formula is C11H18NO+. The van der Waals surface area contributed by atoms with Crippen LogP contribution in [0.1, 0.15) is 19.4 Å². The Bertz CT molecular complexity index is 258. The first kappa shape index (κ1) is 10.2. The SMILES string of the molecule is Cc1ccc[n+](CCOC(C)C)c1. The van der Waals surface area contributed by atoms with Crippen molar-refractivity contribution < 1.29 is 9.30 Å². The Hall–Kier alpha value is -0.890. The summed E-state index contributed by atoms with van der Waals surface area (Å²) in [5.41, 5.74) is 1.28. The maximum Gasteiger partial charge on any atom is 0.171 e. The van der Waals surface area contributed by atoms with Gasteiger partial charge in [0.2, 0.25) is 0 Å². The highest BCUT2D eigenvalue weighted by Gasteiger charge is 2.00. The highest BCUT2D eigenvalue weighted by Crippen LogP contribution is 1.90. The molecule has 0 aliphatic heterocycles. The summed E-state index contributed by atoms with van der Waals surface area (Å²) < 4.78 is 7.62. The fourth-order valence-corrected chi connectivity index (χ4v) is 1.19. The van der Waals surface area contributed by atoms with E-state index in [-0.39, 0.29) is 0 Å². The third-order valence-corrected chi connectivity index (χ3v) is 1.81. The van der Waals surface area contributed by atoms with Crippen LogP contribution >= 0.6 is 0 Å².